The molecule has 6 heteroatoms. The smallest absolute Gasteiger partial charge is 0.228 e. The second-order valence-electron chi connectivity index (χ2n) is 4.93. The van der Waals surface area contributed by atoms with Gasteiger partial charge in [-0.05, 0) is 36.0 Å². The van der Waals surface area contributed by atoms with Crippen molar-refractivity contribution in [2.45, 2.75) is 13.3 Å². The molecule has 0 bridgehead atoms. The zero-order chi connectivity index (χ0) is 16.7. The van der Waals surface area contributed by atoms with Gasteiger partial charge < -0.3 is 16.0 Å². The van der Waals surface area contributed by atoms with Crippen molar-refractivity contribution in [2.24, 2.45) is 0 Å². The van der Waals surface area contributed by atoms with E-state index in [1.165, 1.54) is 6.92 Å². The third-order valence-corrected chi connectivity index (χ3v) is 3.11. The molecule has 0 aromatic heterocycles. The van der Waals surface area contributed by atoms with Gasteiger partial charge in [0.1, 0.15) is 0 Å². The lowest BCUT2D eigenvalue weighted by molar-refractivity contribution is -0.117. The zero-order valence-electron chi connectivity index (χ0n) is 12.6. The Balaban J connectivity index is 1.95. The third kappa shape index (κ3) is 5.88. The maximum atomic E-state index is 12.0. The Morgan fingerprint density at radius 2 is 1.61 bits per heavy atom. The van der Waals surface area contributed by atoms with Crippen LogP contribution in [-0.4, -0.2) is 16.9 Å². The molecule has 23 heavy (non-hydrogen) atoms. The molecule has 0 saturated heterocycles. The number of nitrogens with one attached hydrogen (secondary N) is 3. The number of rotatable bonds is 4. The Labute approximate surface area is 140 Å². The average molecular weight is 327 g/mol. The molecule has 0 radical (unpaired) electrons. The van der Waals surface area contributed by atoms with Gasteiger partial charge in [-0.3, -0.25) is 9.59 Å². The van der Waals surface area contributed by atoms with Crippen LogP contribution in [0.4, 0.5) is 11.4 Å². The molecule has 0 saturated carbocycles. The van der Waals surface area contributed by atoms with Crippen LogP contribution in [0.5, 0.6) is 0 Å². The number of hydrogen-bond acceptors (Lipinski definition) is 3. The van der Waals surface area contributed by atoms with E-state index in [1.807, 2.05) is 30.3 Å². The summed E-state index contributed by atoms with van der Waals surface area (Å²) in [5.74, 6) is -0.340. The lowest BCUT2D eigenvalue weighted by atomic mass is 10.1. The van der Waals surface area contributed by atoms with Crippen LogP contribution in [0.25, 0.3) is 0 Å². The molecule has 2 rings (SSSR count). The molecule has 5 nitrogen and oxygen atoms in total. The summed E-state index contributed by atoms with van der Waals surface area (Å²) >= 11 is 5.00. The summed E-state index contributed by atoms with van der Waals surface area (Å²) in [6.07, 6.45) is 0.308. The molecule has 0 aliphatic heterocycles. The average Bonchev–Trinajstić information content (AvgIpc) is 2.47. The highest BCUT2D eigenvalue weighted by atomic mass is 32.1. The molecule has 3 N–H and O–H groups in total. The molecule has 0 aliphatic carbocycles. The van der Waals surface area contributed by atoms with Crippen LogP contribution in [0.2, 0.25) is 0 Å². The van der Waals surface area contributed by atoms with Gasteiger partial charge in [0.15, 0.2) is 5.11 Å². The normalized spacial score (nSPS) is 9.78. The van der Waals surface area contributed by atoms with E-state index in [4.69, 9.17) is 12.2 Å². The first-order chi connectivity index (χ1) is 11.0. The minimum Gasteiger partial charge on any atom is -0.332 e. The summed E-state index contributed by atoms with van der Waals surface area (Å²) in [4.78, 5) is 23.0. The summed E-state index contributed by atoms with van der Waals surface area (Å²) in [5, 5.41) is 8.41. The van der Waals surface area contributed by atoms with Gasteiger partial charge in [-0.1, -0.05) is 36.4 Å². The second kappa shape index (κ2) is 8.05. The molecular weight excluding hydrogens is 310 g/mol. The molecular formula is C17H17N3O2S. The van der Waals surface area contributed by atoms with Gasteiger partial charge in [-0.25, -0.2) is 0 Å². The topological polar surface area (TPSA) is 70.2 Å². The van der Waals surface area contributed by atoms with Gasteiger partial charge in [0.2, 0.25) is 11.8 Å². The lowest BCUT2D eigenvalue weighted by Gasteiger charge is -2.10. The van der Waals surface area contributed by atoms with E-state index in [0.717, 1.165) is 5.56 Å². The maximum Gasteiger partial charge on any atom is 0.228 e. The predicted octanol–water partition coefficient (Wildman–Crippen LogP) is 2.70. The van der Waals surface area contributed by atoms with Crippen molar-refractivity contribution in [3.8, 4) is 0 Å². The number of carbonyl (C=O) groups is 2. The highest BCUT2D eigenvalue weighted by Gasteiger charge is 2.05. The van der Waals surface area contributed by atoms with Crippen LogP contribution in [0.1, 0.15) is 12.5 Å². The molecule has 0 atom stereocenters. The molecule has 0 aliphatic rings. The molecule has 0 fully saturated rings. The van der Waals surface area contributed by atoms with E-state index < -0.39 is 0 Å². The van der Waals surface area contributed by atoms with Crippen molar-refractivity contribution in [1.29, 1.82) is 0 Å². The summed E-state index contributed by atoms with van der Waals surface area (Å²) < 4.78 is 0. The summed E-state index contributed by atoms with van der Waals surface area (Å²) in [5.41, 5.74) is 2.29. The molecule has 2 amide bonds. The van der Waals surface area contributed by atoms with Crippen molar-refractivity contribution in [2.75, 3.05) is 10.6 Å². The van der Waals surface area contributed by atoms with Gasteiger partial charge in [0.25, 0.3) is 0 Å². The number of carbonyl (C=O) groups excluding carboxylic acids is 2. The maximum absolute atomic E-state index is 12.0. The Kier molecular flexibility index (Phi) is 5.82. The Hall–Kier alpha value is -2.73. The van der Waals surface area contributed by atoms with Gasteiger partial charge in [-0.2, -0.15) is 0 Å². The largest absolute Gasteiger partial charge is 0.332 e. The first-order valence-corrected chi connectivity index (χ1v) is 7.46. The highest BCUT2D eigenvalue weighted by molar-refractivity contribution is 7.80. The van der Waals surface area contributed by atoms with Crippen LogP contribution in [-0.2, 0) is 16.0 Å². The van der Waals surface area contributed by atoms with E-state index in [1.54, 1.807) is 24.3 Å². The van der Waals surface area contributed by atoms with Crippen molar-refractivity contribution in [1.82, 2.24) is 5.32 Å². The summed E-state index contributed by atoms with van der Waals surface area (Å²) in [7, 11) is 0. The quantitative estimate of drug-likeness (QED) is 0.755. The highest BCUT2D eigenvalue weighted by Crippen LogP contribution is 2.15. The molecule has 0 heterocycles. The van der Waals surface area contributed by atoms with Crippen molar-refractivity contribution in [3.05, 3.63) is 60.2 Å². The van der Waals surface area contributed by atoms with Gasteiger partial charge in [-0.15, -0.1) is 0 Å². The standard InChI is InChI=1S/C17H17N3O2S/c1-12(21)18-17(23)20-15-9-5-8-14(11-15)19-16(22)10-13-6-3-2-4-7-13/h2-9,11H,10H2,1H3,(H,19,22)(H2,18,20,21,23). The Morgan fingerprint density at radius 3 is 2.26 bits per heavy atom. The van der Waals surface area contributed by atoms with E-state index in [0.29, 0.717) is 17.8 Å². The van der Waals surface area contributed by atoms with Gasteiger partial charge in [0, 0.05) is 18.3 Å². The zero-order valence-corrected chi connectivity index (χ0v) is 13.4. The first-order valence-electron chi connectivity index (χ1n) is 7.05. The SMILES string of the molecule is CC(=O)NC(=S)Nc1cccc(NC(=O)Cc2ccccc2)c1. The minimum absolute atomic E-state index is 0.0993. The second-order valence-corrected chi connectivity index (χ2v) is 5.33. The predicted molar refractivity (Wildman–Crippen MR) is 95.3 cm³/mol. The molecule has 0 unspecified atom stereocenters. The fraction of sp³-hybridized carbons (Fsp3) is 0.118. The van der Waals surface area contributed by atoms with Crippen molar-refractivity contribution < 1.29 is 9.59 Å². The molecule has 2 aromatic rings. The number of benzene rings is 2. The van der Waals surface area contributed by atoms with Gasteiger partial charge in [0.05, 0.1) is 6.42 Å². The fourth-order valence-electron chi connectivity index (χ4n) is 1.98. The van der Waals surface area contributed by atoms with Crippen LogP contribution in [0.15, 0.2) is 54.6 Å². The molecule has 2 aromatic carbocycles. The van der Waals surface area contributed by atoms with Crippen molar-refractivity contribution >= 4 is 40.5 Å². The van der Waals surface area contributed by atoms with Crippen molar-refractivity contribution in [3.63, 3.8) is 0 Å². The summed E-state index contributed by atoms with van der Waals surface area (Å²) in [6.45, 7) is 1.38. The van der Waals surface area contributed by atoms with Gasteiger partial charge >= 0.3 is 0 Å². The number of anilines is 2. The Bertz CT molecular complexity index is 717. The van der Waals surface area contributed by atoms with E-state index in [-0.39, 0.29) is 16.9 Å². The van der Waals surface area contributed by atoms with Crippen LogP contribution < -0.4 is 16.0 Å². The monoisotopic (exact) mass is 327 g/mol. The first kappa shape index (κ1) is 16.6. The molecule has 118 valence electrons. The van der Waals surface area contributed by atoms with Crippen LogP contribution in [0.3, 0.4) is 0 Å². The number of thiocarbonyl (C=S) groups is 1. The molecule has 0 spiro atoms. The number of amides is 2. The van der Waals surface area contributed by atoms with E-state index >= 15 is 0 Å². The van der Waals surface area contributed by atoms with Crippen LogP contribution in [0, 0.1) is 0 Å². The third-order valence-electron chi connectivity index (χ3n) is 2.90. The van der Waals surface area contributed by atoms with E-state index in [2.05, 4.69) is 16.0 Å². The number of hydrogen-bond donors (Lipinski definition) is 3. The Morgan fingerprint density at radius 1 is 0.957 bits per heavy atom. The van der Waals surface area contributed by atoms with E-state index in [9.17, 15) is 9.59 Å². The lowest BCUT2D eigenvalue weighted by Crippen LogP contribution is -2.32. The minimum atomic E-state index is -0.241. The van der Waals surface area contributed by atoms with Crippen LogP contribution >= 0.6 is 12.2 Å². The summed E-state index contributed by atoms with van der Waals surface area (Å²) in [6, 6.07) is 16.6. The fourth-order valence-corrected chi connectivity index (χ4v) is 2.24.